The molecule has 7 nitrogen and oxygen atoms in total. The van der Waals surface area contributed by atoms with Crippen molar-refractivity contribution in [3.8, 4) is 5.69 Å². The van der Waals surface area contributed by atoms with Gasteiger partial charge in [-0.1, -0.05) is 30.0 Å². The third kappa shape index (κ3) is 3.72. The smallest absolute Gasteiger partial charge is 0.268 e. The van der Waals surface area contributed by atoms with Crippen LogP contribution in [0.2, 0.25) is 0 Å². The molecule has 1 amide bonds. The number of rotatable bonds is 4. The van der Waals surface area contributed by atoms with Crippen LogP contribution in [0.25, 0.3) is 16.7 Å². The molecule has 0 bridgehead atoms. The van der Waals surface area contributed by atoms with E-state index in [9.17, 15) is 9.59 Å². The first-order valence-electron chi connectivity index (χ1n) is 8.65. The van der Waals surface area contributed by atoms with Gasteiger partial charge in [0.25, 0.3) is 5.56 Å². The summed E-state index contributed by atoms with van der Waals surface area (Å²) < 4.78 is 6.83. The highest BCUT2D eigenvalue weighted by molar-refractivity contribution is 7.99. The topological polar surface area (TPSA) is 77.3 Å². The largest absolute Gasteiger partial charge is 0.378 e. The average Bonchev–Trinajstić information content (AvgIpc) is 2.73. The van der Waals surface area contributed by atoms with Crippen LogP contribution in [0.4, 0.5) is 0 Å². The predicted molar refractivity (Wildman–Crippen MR) is 103 cm³/mol. The molecule has 3 aromatic rings. The lowest BCUT2D eigenvalue weighted by atomic mass is 10.3. The molecule has 0 radical (unpaired) electrons. The number of benzene rings is 1. The van der Waals surface area contributed by atoms with Crippen LogP contribution in [0, 0.1) is 0 Å². The Morgan fingerprint density at radius 2 is 1.89 bits per heavy atom. The molecule has 0 unspecified atom stereocenters. The summed E-state index contributed by atoms with van der Waals surface area (Å²) in [5.41, 5.74) is 0.902. The van der Waals surface area contributed by atoms with Crippen LogP contribution >= 0.6 is 11.8 Å². The number of nitrogens with zero attached hydrogens (tertiary/aromatic N) is 4. The molecule has 1 saturated heterocycles. The van der Waals surface area contributed by atoms with Crippen LogP contribution in [0.5, 0.6) is 0 Å². The van der Waals surface area contributed by atoms with Crippen molar-refractivity contribution in [1.82, 2.24) is 19.4 Å². The Morgan fingerprint density at radius 3 is 2.67 bits per heavy atom. The number of ether oxygens (including phenoxy) is 1. The third-order valence-electron chi connectivity index (χ3n) is 4.32. The maximum atomic E-state index is 13.1. The SMILES string of the molecule is O=C(CSc1nc2ncccc2c(=O)n1-c1ccccc1)N1CCOCC1. The summed E-state index contributed by atoms with van der Waals surface area (Å²) in [6.45, 7) is 2.31. The molecule has 4 rings (SSSR count). The van der Waals surface area contributed by atoms with Gasteiger partial charge in [0.2, 0.25) is 5.91 Å². The van der Waals surface area contributed by atoms with E-state index in [0.29, 0.717) is 48.2 Å². The summed E-state index contributed by atoms with van der Waals surface area (Å²) in [5.74, 6) is 0.218. The van der Waals surface area contributed by atoms with Crippen LogP contribution in [0.15, 0.2) is 58.6 Å². The van der Waals surface area contributed by atoms with Crippen molar-refractivity contribution in [3.05, 3.63) is 59.0 Å². The molecule has 27 heavy (non-hydrogen) atoms. The molecule has 138 valence electrons. The van der Waals surface area contributed by atoms with E-state index >= 15 is 0 Å². The summed E-state index contributed by atoms with van der Waals surface area (Å²) >= 11 is 1.25. The molecule has 1 fully saturated rings. The van der Waals surface area contributed by atoms with Crippen molar-refractivity contribution in [1.29, 1.82) is 0 Å². The Balaban J connectivity index is 1.70. The zero-order valence-corrected chi connectivity index (χ0v) is 15.4. The van der Waals surface area contributed by atoms with Crippen molar-refractivity contribution in [2.24, 2.45) is 0 Å². The van der Waals surface area contributed by atoms with Gasteiger partial charge < -0.3 is 9.64 Å². The highest BCUT2D eigenvalue weighted by Gasteiger charge is 2.19. The van der Waals surface area contributed by atoms with Crippen molar-refractivity contribution >= 4 is 28.7 Å². The van der Waals surface area contributed by atoms with Crippen molar-refractivity contribution in [2.45, 2.75) is 5.16 Å². The number of amides is 1. The van der Waals surface area contributed by atoms with Gasteiger partial charge >= 0.3 is 0 Å². The summed E-state index contributed by atoms with van der Waals surface area (Å²) in [5, 5.41) is 0.907. The van der Waals surface area contributed by atoms with Crippen molar-refractivity contribution in [2.75, 3.05) is 32.1 Å². The number of thioether (sulfide) groups is 1. The van der Waals surface area contributed by atoms with E-state index < -0.39 is 0 Å². The molecule has 0 N–H and O–H groups in total. The van der Waals surface area contributed by atoms with E-state index in [0.717, 1.165) is 0 Å². The summed E-state index contributed by atoms with van der Waals surface area (Å²) in [6, 6.07) is 12.7. The molecule has 1 aliphatic rings. The second-order valence-electron chi connectivity index (χ2n) is 6.03. The molecule has 8 heteroatoms. The average molecular weight is 382 g/mol. The fourth-order valence-electron chi connectivity index (χ4n) is 2.93. The zero-order valence-electron chi connectivity index (χ0n) is 14.6. The van der Waals surface area contributed by atoms with E-state index in [4.69, 9.17) is 4.74 Å². The van der Waals surface area contributed by atoms with E-state index in [1.165, 1.54) is 11.8 Å². The molecule has 3 heterocycles. The minimum Gasteiger partial charge on any atom is -0.378 e. The van der Waals surface area contributed by atoms with Crippen LogP contribution in [0.1, 0.15) is 0 Å². The first kappa shape index (κ1) is 17.7. The molecule has 2 aromatic heterocycles. The van der Waals surface area contributed by atoms with Crippen LogP contribution < -0.4 is 5.56 Å². The number of hydrogen-bond donors (Lipinski definition) is 0. The molecule has 0 saturated carbocycles. The Morgan fingerprint density at radius 1 is 1.11 bits per heavy atom. The number of aromatic nitrogens is 3. The van der Waals surface area contributed by atoms with E-state index in [1.807, 2.05) is 30.3 Å². The van der Waals surface area contributed by atoms with Gasteiger partial charge in [0, 0.05) is 19.3 Å². The highest BCUT2D eigenvalue weighted by Crippen LogP contribution is 2.21. The Kier molecular flexibility index (Phi) is 5.17. The quantitative estimate of drug-likeness (QED) is 0.505. The lowest BCUT2D eigenvalue weighted by Crippen LogP contribution is -2.41. The van der Waals surface area contributed by atoms with Gasteiger partial charge in [-0.3, -0.25) is 14.2 Å². The molecular formula is C19H18N4O3S. The first-order valence-corrected chi connectivity index (χ1v) is 9.64. The predicted octanol–water partition coefficient (Wildman–Crippen LogP) is 1.73. The second kappa shape index (κ2) is 7.89. The zero-order chi connectivity index (χ0) is 18.6. The maximum absolute atomic E-state index is 13.1. The maximum Gasteiger partial charge on any atom is 0.268 e. The minimum atomic E-state index is -0.194. The third-order valence-corrected chi connectivity index (χ3v) is 5.24. The Hall–Kier alpha value is -2.71. The molecule has 1 aliphatic heterocycles. The highest BCUT2D eigenvalue weighted by atomic mass is 32.2. The van der Waals surface area contributed by atoms with Gasteiger partial charge in [-0.05, 0) is 24.3 Å². The van der Waals surface area contributed by atoms with Gasteiger partial charge in [0.15, 0.2) is 10.8 Å². The number of carbonyl (C=O) groups excluding carboxylic acids is 1. The Labute approximate surface area is 160 Å². The number of fused-ring (bicyclic) bond motifs is 1. The van der Waals surface area contributed by atoms with Crippen molar-refractivity contribution < 1.29 is 9.53 Å². The molecule has 1 aromatic carbocycles. The van der Waals surface area contributed by atoms with Gasteiger partial charge in [0.1, 0.15) is 0 Å². The second-order valence-corrected chi connectivity index (χ2v) is 6.97. The summed E-state index contributed by atoms with van der Waals surface area (Å²) in [4.78, 5) is 36.1. The van der Waals surface area contributed by atoms with Gasteiger partial charge in [0.05, 0.1) is 30.0 Å². The molecule has 0 aliphatic carbocycles. The first-order chi connectivity index (χ1) is 13.2. The number of carbonyl (C=O) groups is 1. The van der Waals surface area contributed by atoms with Crippen LogP contribution in [-0.2, 0) is 9.53 Å². The molecular weight excluding hydrogens is 364 g/mol. The lowest BCUT2D eigenvalue weighted by molar-refractivity contribution is -0.132. The monoisotopic (exact) mass is 382 g/mol. The fourth-order valence-corrected chi connectivity index (χ4v) is 3.84. The summed E-state index contributed by atoms with van der Waals surface area (Å²) in [6.07, 6.45) is 1.61. The van der Waals surface area contributed by atoms with Gasteiger partial charge in [-0.2, -0.15) is 0 Å². The van der Waals surface area contributed by atoms with Crippen LogP contribution in [-0.4, -0.2) is 57.4 Å². The molecule has 0 spiro atoms. The minimum absolute atomic E-state index is 0.0123. The van der Waals surface area contributed by atoms with Gasteiger partial charge in [-0.25, -0.2) is 9.97 Å². The fraction of sp³-hybridized carbons (Fsp3) is 0.263. The van der Waals surface area contributed by atoms with E-state index in [1.54, 1.807) is 27.8 Å². The summed E-state index contributed by atoms with van der Waals surface area (Å²) in [7, 11) is 0. The number of hydrogen-bond acceptors (Lipinski definition) is 6. The van der Waals surface area contributed by atoms with Crippen molar-refractivity contribution in [3.63, 3.8) is 0 Å². The molecule has 0 atom stereocenters. The van der Waals surface area contributed by atoms with Gasteiger partial charge in [-0.15, -0.1) is 0 Å². The number of morpholine rings is 1. The van der Waals surface area contributed by atoms with E-state index in [2.05, 4.69) is 9.97 Å². The normalized spacial score (nSPS) is 14.4. The van der Waals surface area contributed by atoms with E-state index in [-0.39, 0.29) is 17.2 Å². The van der Waals surface area contributed by atoms with Crippen LogP contribution in [0.3, 0.4) is 0 Å². The number of pyridine rings is 1. The Bertz CT molecular complexity index is 1020. The standard InChI is InChI=1S/C19H18N4O3S/c24-16(22-9-11-26-12-10-22)13-27-19-21-17-15(7-4-8-20-17)18(25)23(19)14-5-2-1-3-6-14/h1-8H,9-13H2. The number of para-hydroxylation sites is 1. The lowest BCUT2D eigenvalue weighted by Gasteiger charge is -2.26.